The van der Waals surface area contributed by atoms with E-state index in [1.165, 1.54) is 67.9 Å². The average molecular weight is 717 g/mol. The van der Waals surface area contributed by atoms with Crippen LogP contribution in [0.3, 0.4) is 0 Å². The Hall–Kier alpha value is -3.32. The highest BCUT2D eigenvalue weighted by Gasteiger charge is 2.64. The third-order valence-corrected chi connectivity index (χ3v) is 14.1. The normalized spacial score (nSPS) is 37.5. The molecular weight excluding hydrogens is 668 g/mol. The summed E-state index contributed by atoms with van der Waals surface area (Å²) in [6.45, 7) is 4.15. The lowest BCUT2D eigenvalue weighted by Gasteiger charge is -2.59. The Morgan fingerprint density at radius 2 is 1.83 bits per heavy atom. The van der Waals surface area contributed by atoms with Crippen molar-refractivity contribution < 1.29 is 54.1 Å². The number of hydrogen-bond donors (Lipinski definition) is 5. The van der Waals surface area contributed by atoms with E-state index < -0.39 is 48.6 Å². The van der Waals surface area contributed by atoms with Crippen molar-refractivity contribution in [2.24, 2.45) is 35.0 Å². The van der Waals surface area contributed by atoms with Gasteiger partial charge in [0.2, 0.25) is 6.29 Å². The molecule has 3 heterocycles. The van der Waals surface area contributed by atoms with E-state index in [0.29, 0.717) is 41.0 Å². The molecule has 0 aromatic heterocycles. The molecule has 3 saturated carbocycles. The van der Waals surface area contributed by atoms with E-state index >= 15 is 0 Å². The zero-order chi connectivity index (χ0) is 36.3. The molecule has 11 nitrogen and oxygen atoms in total. The van der Waals surface area contributed by atoms with E-state index in [-0.39, 0.29) is 46.0 Å². The summed E-state index contributed by atoms with van der Waals surface area (Å²) in [5.74, 6) is -0.531. The van der Waals surface area contributed by atoms with Gasteiger partial charge in [0, 0.05) is 12.5 Å². The minimum Gasteiger partial charge on any atom is -0.506 e. The number of aromatic carboxylic acids is 1. The lowest BCUT2D eigenvalue weighted by atomic mass is 9.48. The maximum Gasteiger partial charge on any atom is 0.335 e. The number of carboxylic acid groups (broad SMARTS) is 1. The van der Waals surface area contributed by atoms with E-state index in [1.54, 1.807) is 13.0 Å². The molecule has 7 aliphatic rings. The van der Waals surface area contributed by atoms with Crippen LogP contribution in [0, 0.1) is 41.9 Å². The van der Waals surface area contributed by atoms with Crippen LogP contribution in [0.1, 0.15) is 84.6 Å². The highest BCUT2D eigenvalue weighted by atomic mass is 16.7. The van der Waals surface area contributed by atoms with Crippen LogP contribution in [-0.2, 0) is 14.2 Å². The summed E-state index contributed by atoms with van der Waals surface area (Å²) < 4.78 is 25.6. The van der Waals surface area contributed by atoms with Crippen LogP contribution in [-0.4, -0.2) is 93.9 Å². The van der Waals surface area contributed by atoms with E-state index in [0.717, 1.165) is 26.1 Å². The fraction of sp³-hybridized carbons (Fsp3) is 0.610. The van der Waals surface area contributed by atoms with Crippen LogP contribution in [0.2, 0.25) is 0 Å². The zero-order valence-electron chi connectivity index (χ0n) is 29.7. The Labute approximate surface area is 302 Å². The Kier molecular flexibility index (Phi) is 8.19. The van der Waals surface area contributed by atoms with Gasteiger partial charge in [0.05, 0.1) is 36.3 Å². The number of phenols is 1. The first-order chi connectivity index (χ1) is 24.9. The average Bonchev–Trinajstić information content (AvgIpc) is 3.71. The molecule has 0 amide bonds. The van der Waals surface area contributed by atoms with Crippen molar-refractivity contribution in [3.05, 3.63) is 57.7 Å². The molecule has 2 aromatic carbocycles. The SMILES string of the molecule is CC(=O)c1c(C)cc2cc(C(=O)O)cc(O[C@@H]3O[C@H](CO)[C@]4(C[C@H]5C6=C(CC=C6[C@H]6COC[C@H]7CC8(CCCC8)C[C@@H]5[C@@H]76)CO4)[C@H](O)[C@H]3O)c2c1O. The van der Waals surface area contributed by atoms with Crippen LogP contribution in [0.15, 0.2) is 41.0 Å². The number of aromatic hydroxyl groups is 1. The lowest BCUT2D eigenvalue weighted by molar-refractivity contribution is -0.326. The molecule has 11 heteroatoms. The van der Waals surface area contributed by atoms with Gasteiger partial charge >= 0.3 is 5.97 Å². The van der Waals surface area contributed by atoms with Gasteiger partial charge < -0.3 is 44.5 Å². The molecule has 2 aromatic rings. The molecular formula is C41H48O11. The van der Waals surface area contributed by atoms with E-state index in [2.05, 4.69) is 6.08 Å². The number of ether oxygens (including phenoxy) is 4. The Bertz CT molecular complexity index is 1900. The zero-order valence-corrected chi connectivity index (χ0v) is 29.7. The number of carbonyl (C=O) groups is 2. The van der Waals surface area contributed by atoms with Crippen molar-refractivity contribution in [1.82, 2.24) is 0 Å². The number of carboxylic acids is 1. The van der Waals surface area contributed by atoms with Gasteiger partial charge in [0.25, 0.3) is 0 Å². The second-order valence-corrected chi connectivity index (χ2v) is 16.8. The smallest absolute Gasteiger partial charge is 0.335 e. The van der Waals surface area contributed by atoms with Gasteiger partial charge in [-0.15, -0.1) is 0 Å². The second kappa shape index (κ2) is 12.4. The van der Waals surface area contributed by atoms with Crippen molar-refractivity contribution in [1.29, 1.82) is 0 Å². The first-order valence-corrected chi connectivity index (χ1v) is 18.9. The van der Waals surface area contributed by atoms with Crippen molar-refractivity contribution in [3.63, 3.8) is 0 Å². The molecule has 52 heavy (non-hydrogen) atoms. The van der Waals surface area contributed by atoms with Crippen molar-refractivity contribution in [2.45, 2.75) is 95.4 Å². The molecule has 278 valence electrons. The maximum atomic E-state index is 12.5. The Balaban J connectivity index is 1.08. The van der Waals surface area contributed by atoms with Gasteiger partial charge in [-0.25, -0.2) is 4.79 Å². The van der Waals surface area contributed by atoms with Gasteiger partial charge in [-0.2, -0.15) is 0 Å². The van der Waals surface area contributed by atoms with E-state index in [4.69, 9.17) is 18.9 Å². The quantitative estimate of drug-likeness (QED) is 0.268. The monoisotopic (exact) mass is 716 g/mol. The van der Waals surface area contributed by atoms with Crippen LogP contribution in [0.4, 0.5) is 0 Å². The number of benzene rings is 2. The number of hydrogen-bond acceptors (Lipinski definition) is 10. The molecule has 0 unspecified atom stereocenters. The molecule has 2 spiro atoms. The number of carbonyl (C=O) groups excluding carboxylic acids is 1. The summed E-state index contributed by atoms with van der Waals surface area (Å²) in [7, 11) is 0. The number of Topliss-reactive ketones (excluding diaryl/α,β-unsaturated/α-hetero) is 1. The molecule has 5 N–H and O–H groups in total. The lowest BCUT2D eigenvalue weighted by Crippen LogP contribution is -2.69. The minimum atomic E-state index is -1.67. The first kappa shape index (κ1) is 34.4. The van der Waals surface area contributed by atoms with Crippen molar-refractivity contribution >= 4 is 22.5 Å². The fourth-order valence-electron chi connectivity index (χ4n) is 12.1. The number of aliphatic hydroxyl groups is 3. The third-order valence-electron chi connectivity index (χ3n) is 14.1. The topological polar surface area (TPSA) is 172 Å². The number of phenolic OH excluding ortho intramolecular Hbond substituents is 1. The number of fused-ring (bicyclic) bond motifs is 3. The highest BCUT2D eigenvalue weighted by Crippen LogP contribution is 2.66. The van der Waals surface area contributed by atoms with Crippen LogP contribution >= 0.6 is 0 Å². The maximum absolute atomic E-state index is 12.5. The van der Waals surface area contributed by atoms with Gasteiger partial charge in [-0.3, -0.25) is 4.79 Å². The first-order valence-electron chi connectivity index (χ1n) is 18.9. The number of aliphatic hydroxyl groups excluding tert-OH is 3. The molecule has 5 fully saturated rings. The molecule has 0 radical (unpaired) electrons. The Morgan fingerprint density at radius 3 is 2.56 bits per heavy atom. The molecule has 2 saturated heterocycles. The summed E-state index contributed by atoms with van der Waals surface area (Å²) in [5.41, 5.74) is 3.05. The molecule has 9 rings (SSSR count). The second-order valence-electron chi connectivity index (χ2n) is 16.8. The van der Waals surface area contributed by atoms with Gasteiger partial charge in [0.15, 0.2) is 5.78 Å². The Morgan fingerprint density at radius 1 is 1.04 bits per heavy atom. The minimum absolute atomic E-state index is 0.0456. The predicted molar refractivity (Wildman–Crippen MR) is 187 cm³/mol. The molecule has 10 atom stereocenters. The van der Waals surface area contributed by atoms with E-state index in [1.807, 2.05) is 0 Å². The molecule has 4 aliphatic carbocycles. The standard InChI is InChI=1S/C41H48O11/c1-19-9-22-10-23(38(47)48)11-29(34(22)35(44)31(19)20(2)43)51-39-36(45)37(46)41(30(15-42)52-39)14-27-26-13-40(7-3-4-8-40)12-24-16-49-18-28(33(24)26)25-6-5-21(17-50-41)32(25)27/h6,9-11,24,26-28,30,33,36-37,39,42,44-46H,3-5,7-8,12-18H2,1-2H3,(H,47,48)/t24-,26+,27-,28-,30-,33-,36-,37-,39-,41-/m1/s1. The van der Waals surface area contributed by atoms with Crippen LogP contribution in [0.5, 0.6) is 11.5 Å². The predicted octanol–water partition coefficient (Wildman–Crippen LogP) is 4.84. The summed E-state index contributed by atoms with van der Waals surface area (Å²) in [4.78, 5) is 24.6. The van der Waals surface area contributed by atoms with Crippen molar-refractivity contribution in [3.8, 4) is 11.5 Å². The molecule has 0 bridgehead atoms. The van der Waals surface area contributed by atoms with Crippen LogP contribution < -0.4 is 4.74 Å². The van der Waals surface area contributed by atoms with Crippen LogP contribution in [0.25, 0.3) is 10.8 Å². The number of ketones is 1. The number of aryl methyl sites for hydroxylation is 1. The van der Waals surface area contributed by atoms with Crippen molar-refractivity contribution in [2.75, 3.05) is 26.4 Å². The van der Waals surface area contributed by atoms with Gasteiger partial charge in [-0.05, 0) is 121 Å². The summed E-state index contributed by atoms with van der Waals surface area (Å²) in [6, 6.07) is 4.16. The fourth-order valence-corrected chi connectivity index (χ4v) is 12.1. The van der Waals surface area contributed by atoms with E-state index in [9.17, 15) is 35.1 Å². The van der Waals surface area contributed by atoms with Gasteiger partial charge in [-0.1, -0.05) is 25.0 Å². The molecule has 3 aliphatic heterocycles. The summed E-state index contributed by atoms with van der Waals surface area (Å²) in [6.07, 6.45) is 4.84. The summed E-state index contributed by atoms with van der Waals surface area (Å²) >= 11 is 0. The summed E-state index contributed by atoms with van der Waals surface area (Å²) in [5, 5.41) is 56.6. The third kappa shape index (κ3) is 4.99. The number of rotatable bonds is 5. The highest BCUT2D eigenvalue weighted by molar-refractivity contribution is 6.08. The van der Waals surface area contributed by atoms with Gasteiger partial charge in [0.1, 0.15) is 35.4 Å². The largest absolute Gasteiger partial charge is 0.506 e. The number of allylic oxidation sites excluding steroid dienone is 2.